The van der Waals surface area contributed by atoms with Crippen LogP contribution < -0.4 is 10.1 Å². The zero-order valence-electron chi connectivity index (χ0n) is 11.7. The second kappa shape index (κ2) is 7.13. The number of benzene rings is 1. The number of ether oxygens (including phenoxy) is 1. The Hall–Kier alpha value is -0.770. The molecule has 0 bridgehead atoms. The first-order chi connectivity index (χ1) is 9.13. The quantitative estimate of drug-likeness (QED) is 0.793. The van der Waals surface area contributed by atoms with Gasteiger partial charge in [-0.15, -0.1) is 0 Å². The number of likely N-dealkylation sites (N-methyl/N-ethyl adjacent to an activating group) is 1. The second-order valence-corrected chi connectivity index (χ2v) is 5.81. The van der Waals surface area contributed by atoms with Gasteiger partial charge in [-0.25, -0.2) is 0 Å². The number of halogens is 1. The lowest BCUT2D eigenvalue weighted by atomic mass is 10.3. The summed E-state index contributed by atoms with van der Waals surface area (Å²) in [6, 6.07) is 8.35. The van der Waals surface area contributed by atoms with E-state index in [0.29, 0.717) is 5.02 Å². The second-order valence-electron chi connectivity index (χ2n) is 5.38. The Kier molecular flexibility index (Phi) is 5.49. The minimum atomic E-state index is 0.157. The molecule has 0 heterocycles. The molecular formula is C15H23ClN2O. The van der Waals surface area contributed by atoms with Gasteiger partial charge in [-0.3, -0.25) is 0 Å². The minimum absolute atomic E-state index is 0.157. The first-order valence-electron chi connectivity index (χ1n) is 6.97. The van der Waals surface area contributed by atoms with E-state index in [0.717, 1.165) is 31.4 Å². The molecule has 1 aromatic rings. The Balaban J connectivity index is 1.65. The first kappa shape index (κ1) is 14.6. The third-order valence-corrected chi connectivity index (χ3v) is 3.44. The summed E-state index contributed by atoms with van der Waals surface area (Å²) in [7, 11) is 2.13. The summed E-state index contributed by atoms with van der Waals surface area (Å²) in [5.41, 5.74) is 0. The molecule has 0 saturated heterocycles. The summed E-state index contributed by atoms with van der Waals surface area (Å²) in [5, 5.41) is 4.23. The molecular weight excluding hydrogens is 260 g/mol. The van der Waals surface area contributed by atoms with Gasteiger partial charge < -0.3 is 15.0 Å². The van der Waals surface area contributed by atoms with E-state index in [2.05, 4.69) is 24.2 Å². The van der Waals surface area contributed by atoms with Crippen molar-refractivity contribution >= 4 is 11.6 Å². The Morgan fingerprint density at radius 2 is 2.26 bits per heavy atom. The van der Waals surface area contributed by atoms with Gasteiger partial charge in [0.15, 0.2) is 0 Å². The van der Waals surface area contributed by atoms with Gasteiger partial charge in [0.2, 0.25) is 0 Å². The largest absolute Gasteiger partial charge is 0.489 e. The fourth-order valence-electron chi connectivity index (χ4n) is 2.09. The predicted molar refractivity (Wildman–Crippen MR) is 80.1 cm³/mol. The fourth-order valence-corrected chi connectivity index (χ4v) is 2.27. The molecule has 1 fully saturated rings. The summed E-state index contributed by atoms with van der Waals surface area (Å²) in [4.78, 5) is 2.30. The van der Waals surface area contributed by atoms with Gasteiger partial charge in [-0.1, -0.05) is 17.7 Å². The monoisotopic (exact) mass is 282 g/mol. The average Bonchev–Trinajstić information content (AvgIpc) is 3.12. The number of nitrogens with zero attached hydrogens (tertiary/aromatic N) is 1. The summed E-state index contributed by atoms with van der Waals surface area (Å²) in [6.45, 7) is 5.12. The van der Waals surface area contributed by atoms with Crippen LogP contribution in [0.15, 0.2) is 24.3 Å². The maximum atomic E-state index is 5.94. The highest BCUT2D eigenvalue weighted by molar-refractivity contribution is 6.30. The lowest BCUT2D eigenvalue weighted by molar-refractivity contribution is 0.163. The highest BCUT2D eigenvalue weighted by atomic mass is 35.5. The standard InChI is InChI=1S/C15H23ClN2O/c1-12(19-15-5-3-4-13(16)10-15)11-18(2)9-8-17-14-6-7-14/h3-5,10,12,14,17H,6-9,11H2,1-2H3. The SMILES string of the molecule is CC(CN(C)CCNC1CC1)Oc1cccc(Cl)c1. The molecule has 19 heavy (non-hydrogen) atoms. The van der Waals surface area contributed by atoms with Crippen molar-refractivity contribution in [1.82, 2.24) is 10.2 Å². The van der Waals surface area contributed by atoms with Gasteiger partial charge in [0.05, 0.1) is 0 Å². The van der Waals surface area contributed by atoms with Crippen molar-refractivity contribution in [2.75, 3.05) is 26.7 Å². The van der Waals surface area contributed by atoms with E-state index >= 15 is 0 Å². The van der Waals surface area contributed by atoms with Crippen molar-refractivity contribution in [2.24, 2.45) is 0 Å². The van der Waals surface area contributed by atoms with E-state index in [1.54, 1.807) is 0 Å². The van der Waals surface area contributed by atoms with Crippen molar-refractivity contribution in [1.29, 1.82) is 0 Å². The van der Waals surface area contributed by atoms with Crippen LogP contribution >= 0.6 is 11.6 Å². The van der Waals surface area contributed by atoms with Crippen LogP contribution in [0.25, 0.3) is 0 Å². The molecule has 2 rings (SSSR count). The molecule has 3 nitrogen and oxygen atoms in total. The molecule has 0 aliphatic heterocycles. The van der Waals surface area contributed by atoms with Crippen molar-refractivity contribution in [2.45, 2.75) is 31.9 Å². The maximum absolute atomic E-state index is 5.94. The number of hydrogen-bond acceptors (Lipinski definition) is 3. The van der Waals surface area contributed by atoms with E-state index in [1.165, 1.54) is 12.8 Å². The Labute approximate surface area is 120 Å². The third-order valence-electron chi connectivity index (χ3n) is 3.21. The summed E-state index contributed by atoms with van der Waals surface area (Å²) < 4.78 is 5.86. The minimum Gasteiger partial charge on any atom is -0.489 e. The van der Waals surface area contributed by atoms with Gasteiger partial charge in [-0.2, -0.15) is 0 Å². The predicted octanol–water partition coefficient (Wildman–Crippen LogP) is 2.79. The lowest BCUT2D eigenvalue weighted by Crippen LogP contribution is -2.36. The smallest absolute Gasteiger partial charge is 0.121 e. The summed E-state index contributed by atoms with van der Waals surface area (Å²) >= 11 is 5.94. The zero-order valence-corrected chi connectivity index (χ0v) is 12.5. The van der Waals surface area contributed by atoms with Crippen LogP contribution in [0.1, 0.15) is 19.8 Å². The molecule has 1 N–H and O–H groups in total. The van der Waals surface area contributed by atoms with Gasteiger partial charge >= 0.3 is 0 Å². The molecule has 0 amide bonds. The van der Waals surface area contributed by atoms with E-state index < -0.39 is 0 Å². The van der Waals surface area contributed by atoms with Crippen molar-refractivity contribution in [3.05, 3.63) is 29.3 Å². The van der Waals surface area contributed by atoms with Crippen LogP contribution in [0.2, 0.25) is 5.02 Å². The molecule has 0 spiro atoms. The van der Waals surface area contributed by atoms with Gasteiger partial charge in [0.1, 0.15) is 11.9 Å². The van der Waals surface area contributed by atoms with E-state index in [1.807, 2.05) is 24.3 Å². The lowest BCUT2D eigenvalue weighted by Gasteiger charge is -2.22. The average molecular weight is 283 g/mol. The highest BCUT2D eigenvalue weighted by Gasteiger charge is 2.19. The molecule has 1 atom stereocenters. The van der Waals surface area contributed by atoms with E-state index in [9.17, 15) is 0 Å². The van der Waals surface area contributed by atoms with Crippen LogP contribution in [0.3, 0.4) is 0 Å². The summed E-state index contributed by atoms with van der Waals surface area (Å²) in [6.07, 6.45) is 2.85. The van der Waals surface area contributed by atoms with Gasteiger partial charge in [0.25, 0.3) is 0 Å². The topological polar surface area (TPSA) is 24.5 Å². The summed E-state index contributed by atoms with van der Waals surface area (Å²) in [5.74, 6) is 0.838. The Morgan fingerprint density at radius 1 is 1.47 bits per heavy atom. The molecule has 1 aliphatic carbocycles. The number of nitrogens with one attached hydrogen (secondary N) is 1. The van der Waals surface area contributed by atoms with E-state index in [4.69, 9.17) is 16.3 Å². The van der Waals surface area contributed by atoms with Crippen molar-refractivity contribution in [3.63, 3.8) is 0 Å². The Morgan fingerprint density at radius 3 is 2.95 bits per heavy atom. The first-order valence-corrected chi connectivity index (χ1v) is 7.35. The van der Waals surface area contributed by atoms with Gasteiger partial charge in [-0.05, 0) is 45.0 Å². The molecule has 1 unspecified atom stereocenters. The number of rotatable bonds is 8. The molecule has 1 aliphatic rings. The Bertz CT molecular complexity index is 395. The van der Waals surface area contributed by atoms with Crippen LogP contribution in [-0.2, 0) is 0 Å². The van der Waals surface area contributed by atoms with Crippen LogP contribution in [-0.4, -0.2) is 43.7 Å². The molecule has 106 valence electrons. The fraction of sp³-hybridized carbons (Fsp3) is 0.600. The highest BCUT2D eigenvalue weighted by Crippen LogP contribution is 2.19. The molecule has 1 saturated carbocycles. The molecule has 4 heteroatoms. The van der Waals surface area contributed by atoms with Crippen LogP contribution in [0.5, 0.6) is 5.75 Å². The molecule has 0 aromatic heterocycles. The maximum Gasteiger partial charge on any atom is 0.121 e. The third kappa shape index (κ3) is 5.81. The normalized spacial score (nSPS) is 16.6. The van der Waals surface area contributed by atoms with Gasteiger partial charge in [0, 0.05) is 30.7 Å². The van der Waals surface area contributed by atoms with Crippen LogP contribution in [0.4, 0.5) is 0 Å². The van der Waals surface area contributed by atoms with Crippen molar-refractivity contribution in [3.8, 4) is 5.75 Å². The zero-order chi connectivity index (χ0) is 13.7. The molecule has 0 radical (unpaired) electrons. The number of hydrogen-bond donors (Lipinski definition) is 1. The van der Waals surface area contributed by atoms with Crippen molar-refractivity contribution < 1.29 is 4.74 Å². The van der Waals surface area contributed by atoms with Crippen LogP contribution in [0, 0.1) is 0 Å². The van der Waals surface area contributed by atoms with E-state index in [-0.39, 0.29) is 6.10 Å². The molecule has 1 aromatic carbocycles.